The van der Waals surface area contributed by atoms with E-state index in [1.807, 2.05) is 52.9 Å². The fourth-order valence-corrected chi connectivity index (χ4v) is 7.41. The fourth-order valence-electron chi connectivity index (χ4n) is 7.41. The predicted molar refractivity (Wildman–Crippen MR) is 174 cm³/mol. The van der Waals surface area contributed by atoms with E-state index in [2.05, 4.69) is 20.6 Å². The number of hydrogen-bond acceptors (Lipinski definition) is 5. The summed E-state index contributed by atoms with van der Waals surface area (Å²) in [4.78, 5) is 50.7. The summed E-state index contributed by atoms with van der Waals surface area (Å²) in [5.41, 5.74) is 1.03. The van der Waals surface area contributed by atoms with Crippen molar-refractivity contribution in [1.29, 1.82) is 0 Å². The van der Waals surface area contributed by atoms with Gasteiger partial charge in [0, 0.05) is 31.4 Å². The number of hydrogen-bond donors (Lipinski definition) is 3. The van der Waals surface area contributed by atoms with Crippen LogP contribution in [0.2, 0.25) is 0 Å². The van der Waals surface area contributed by atoms with Gasteiger partial charge in [-0.3, -0.25) is 14.5 Å². The van der Waals surface area contributed by atoms with Crippen molar-refractivity contribution in [2.45, 2.75) is 129 Å². The van der Waals surface area contributed by atoms with Crippen molar-refractivity contribution in [2.75, 3.05) is 7.05 Å². The highest BCUT2D eigenvalue weighted by Gasteiger charge is 2.43. The summed E-state index contributed by atoms with van der Waals surface area (Å²) in [6.07, 6.45) is 15.2. The van der Waals surface area contributed by atoms with Crippen molar-refractivity contribution >= 4 is 28.9 Å². The molecule has 3 atom stereocenters. The average molecular weight is 610 g/mol. The summed E-state index contributed by atoms with van der Waals surface area (Å²) in [6, 6.07) is 2.55. The Bertz CT molecular complexity index is 1220. The normalized spacial score (nSPS) is 18.9. The molecule has 0 spiro atoms. The number of nitrogens with one attached hydrogen (secondary N) is 3. The summed E-state index contributed by atoms with van der Waals surface area (Å²) < 4.78 is 5.65. The summed E-state index contributed by atoms with van der Waals surface area (Å²) in [6.45, 7) is 9.78. The van der Waals surface area contributed by atoms with Crippen LogP contribution in [0.15, 0.2) is 24.5 Å². The standard InChI is InChI=1S/C35H55N5O4/c1-7-23(2)30(40(6)34(43)44-35(3,4)5)33(42)39-29(28(25-14-10-8-11-15-25)26-16-12-9-13-17-26)32(41)38-22-24-20-27-18-19-36-31(27)37-21-24/h18-21,23,25-26,28-30H,7-17,22H2,1-6H3,(H,36,37)(H,38,41)(H,39,42)/t23?,29-,30?/m1/s1. The number of ether oxygens (including phenoxy) is 1. The lowest BCUT2D eigenvalue weighted by Gasteiger charge is -2.43. The number of likely N-dealkylation sites (N-methyl/N-ethyl adjacent to an activating group) is 1. The number of nitrogens with zero attached hydrogens (tertiary/aromatic N) is 2. The van der Waals surface area contributed by atoms with Crippen LogP contribution in [-0.4, -0.2) is 57.5 Å². The average Bonchev–Trinajstić information content (AvgIpc) is 3.48. The van der Waals surface area contributed by atoms with Crippen molar-refractivity contribution in [2.24, 2.45) is 23.7 Å². The summed E-state index contributed by atoms with van der Waals surface area (Å²) in [5.74, 6) is 0.238. The van der Waals surface area contributed by atoms with Crippen LogP contribution in [-0.2, 0) is 20.9 Å². The minimum absolute atomic E-state index is 0.0502. The topological polar surface area (TPSA) is 116 Å². The van der Waals surface area contributed by atoms with Crippen molar-refractivity contribution in [3.63, 3.8) is 0 Å². The highest BCUT2D eigenvalue weighted by atomic mass is 16.6. The number of aromatic nitrogens is 2. The Morgan fingerprint density at radius 1 is 1.02 bits per heavy atom. The number of rotatable bonds is 11. The SMILES string of the molecule is CCC(C)C(C(=O)N[C@@H](C(=O)NCc1cnc2[nH]ccc2c1)C(C1CCCCC1)C1CCCCC1)N(C)C(=O)OC(C)(C)C. The third-order valence-corrected chi connectivity index (χ3v) is 9.83. The van der Waals surface area contributed by atoms with Gasteiger partial charge in [0.1, 0.15) is 23.3 Å². The van der Waals surface area contributed by atoms with Gasteiger partial charge in [0.05, 0.1) is 0 Å². The molecule has 0 radical (unpaired) electrons. The molecular formula is C35H55N5O4. The molecule has 3 N–H and O–H groups in total. The molecule has 2 aliphatic rings. The molecule has 0 aromatic carbocycles. The third-order valence-electron chi connectivity index (χ3n) is 9.83. The summed E-state index contributed by atoms with van der Waals surface area (Å²) in [5, 5.41) is 7.43. The van der Waals surface area contributed by atoms with Crippen LogP contribution < -0.4 is 10.6 Å². The van der Waals surface area contributed by atoms with E-state index in [1.54, 1.807) is 13.2 Å². The van der Waals surface area contributed by atoms with Crippen LogP contribution in [0.25, 0.3) is 11.0 Å². The quantitative estimate of drug-likeness (QED) is 0.261. The van der Waals surface area contributed by atoms with Crippen LogP contribution in [0.1, 0.15) is 111 Å². The van der Waals surface area contributed by atoms with Gasteiger partial charge in [0.25, 0.3) is 0 Å². The Kier molecular flexibility index (Phi) is 11.7. The van der Waals surface area contributed by atoms with Crippen molar-refractivity contribution < 1.29 is 19.1 Å². The second-order valence-corrected chi connectivity index (χ2v) is 14.3. The Balaban J connectivity index is 1.63. The molecule has 2 fully saturated rings. The molecule has 2 aromatic heterocycles. The van der Waals surface area contributed by atoms with Crippen LogP contribution in [0.4, 0.5) is 4.79 Å². The van der Waals surface area contributed by atoms with Gasteiger partial charge >= 0.3 is 6.09 Å². The fraction of sp³-hybridized carbons (Fsp3) is 0.714. The van der Waals surface area contributed by atoms with E-state index in [0.717, 1.165) is 68.0 Å². The highest BCUT2D eigenvalue weighted by molar-refractivity contribution is 5.91. The maximum Gasteiger partial charge on any atom is 0.410 e. The minimum atomic E-state index is -0.760. The number of carbonyl (C=O) groups is 3. The molecule has 44 heavy (non-hydrogen) atoms. The van der Waals surface area contributed by atoms with Crippen LogP contribution in [0, 0.1) is 23.7 Å². The monoisotopic (exact) mass is 609 g/mol. The van der Waals surface area contributed by atoms with Gasteiger partial charge in [0.15, 0.2) is 0 Å². The van der Waals surface area contributed by atoms with Crippen LogP contribution in [0.3, 0.4) is 0 Å². The van der Waals surface area contributed by atoms with Crippen LogP contribution >= 0.6 is 0 Å². The van der Waals surface area contributed by atoms with E-state index in [0.29, 0.717) is 24.8 Å². The van der Waals surface area contributed by atoms with E-state index in [4.69, 9.17) is 4.74 Å². The van der Waals surface area contributed by atoms with Gasteiger partial charge in [-0.15, -0.1) is 0 Å². The maximum absolute atomic E-state index is 14.3. The van der Waals surface area contributed by atoms with E-state index in [1.165, 1.54) is 17.7 Å². The first kappa shape index (κ1) is 33.8. The lowest BCUT2D eigenvalue weighted by Crippen LogP contribution is -2.60. The zero-order valence-corrected chi connectivity index (χ0v) is 27.8. The molecule has 2 unspecified atom stereocenters. The number of H-pyrrole nitrogens is 1. The molecule has 2 saturated carbocycles. The molecule has 244 valence electrons. The van der Waals surface area contributed by atoms with Gasteiger partial charge in [-0.2, -0.15) is 0 Å². The largest absolute Gasteiger partial charge is 0.444 e. The number of pyridine rings is 1. The third kappa shape index (κ3) is 8.75. The predicted octanol–water partition coefficient (Wildman–Crippen LogP) is 6.72. The van der Waals surface area contributed by atoms with Crippen LogP contribution in [0.5, 0.6) is 0 Å². The van der Waals surface area contributed by atoms with Gasteiger partial charge in [-0.25, -0.2) is 9.78 Å². The first-order valence-electron chi connectivity index (χ1n) is 16.9. The molecule has 9 heteroatoms. The molecular weight excluding hydrogens is 554 g/mol. The number of fused-ring (bicyclic) bond motifs is 1. The Morgan fingerprint density at radius 2 is 1.64 bits per heavy atom. The first-order chi connectivity index (χ1) is 21.0. The molecule has 3 amide bonds. The van der Waals surface area contributed by atoms with E-state index >= 15 is 0 Å². The van der Waals surface area contributed by atoms with Crippen molar-refractivity contribution in [1.82, 2.24) is 25.5 Å². The Hall–Kier alpha value is -3.10. The lowest BCUT2D eigenvalue weighted by atomic mass is 9.66. The summed E-state index contributed by atoms with van der Waals surface area (Å²) in [7, 11) is 1.63. The van der Waals surface area contributed by atoms with E-state index in [9.17, 15) is 14.4 Å². The molecule has 9 nitrogen and oxygen atoms in total. The molecule has 2 aliphatic carbocycles. The Labute approximate surface area is 263 Å². The summed E-state index contributed by atoms with van der Waals surface area (Å²) >= 11 is 0. The molecule has 0 bridgehead atoms. The van der Waals surface area contributed by atoms with Crippen molar-refractivity contribution in [3.8, 4) is 0 Å². The second kappa shape index (κ2) is 15.3. The highest BCUT2D eigenvalue weighted by Crippen LogP contribution is 2.42. The molecule has 2 heterocycles. The zero-order chi connectivity index (χ0) is 31.9. The minimum Gasteiger partial charge on any atom is -0.444 e. The molecule has 0 aliphatic heterocycles. The second-order valence-electron chi connectivity index (χ2n) is 14.3. The number of aromatic amines is 1. The van der Waals surface area contributed by atoms with Gasteiger partial charge in [-0.05, 0) is 62.1 Å². The lowest BCUT2D eigenvalue weighted by molar-refractivity contribution is -0.135. The Morgan fingerprint density at radius 3 is 2.20 bits per heavy atom. The van der Waals surface area contributed by atoms with Gasteiger partial charge in [-0.1, -0.05) is 84.5 Å². The number of amides is 3. The first-order valence-corrected chi connectivity index (χ1v) is 16.9. The van der Waals surface area contributed by atoms with Gasteiger partial charge in [0.2, 0.25) is 11.8 Å². The molecule has 4 rings (SSSR count). The molecule has 0 saturated heterocycles. The number of carbonyl (C=O) groups excluding carboxylic acids is 3. The van der Waals surface area contributed by atoms with Gasteiger partial charge < -0.3 is 20.4 Å². The van der Waals surface area contributed by atoms with E-state index < -0.39 is 23.8 Å². The smallest absolute Gasteiger partial charge is 0.410 e. The van der Waals surface area contributed by atoms with E-state index in [-0.39, 0.29) is 23.7 Å². The van der Waals surface area contributed by atoms with Crippen molar-refractivity contribution in [3.05, 3.63) is 30.1 Å². The zero-order valence-electron chi connectivity index (χ0n) is 27.8. The molecule has 2 aromatic rings. The maximum atomic E-state index is 14.3.